The Balaban J connectivity index is 1.48. The van der Waals surface area contributed by atoms with Gasteiger partial charge < -0.3 is 10.6 Å². The third kappa shape index (κ3) is 4.76. The molecule has 164 valence electrons. The molecule has 1 fully saturated rings. The summed E-state index contributed by atoms with van der Waals surface area (Å²) >= 11 is 0. The van der Waals surface area contributed by atoms with Crippen molar-refractivity contribution in [1.82, 2.24) is 10.2 Å². The molecular formula is C24H24N4O4. The number of carbonyl (C=O) groups excluding carboxylic acids is 2. The number of hydrogen-bond acceptors (Lipinski definition) is 5. The maximum Gasteiger partial charge on any atom is 0.313 e. The lowest BCUT2D eigenvalue weighted by atomic mass is 9.97. The van der Waals surface area contributed by atoms with Crippen LogP contribution in [0.3, 0.4) is 0 Å². The van der Waals surface area contributed by atoms with Crippen molar-refractivity contribution in [1.29, 1.82) is 0 Å². The molecule has 0 aromatic heterocycles. The smallest absolute Gasteiger partial charge is 0.313 e. The number of non-ortho nitro benzene ring substituents is 1. The molecule has 1 aliphatic heterocycles. The van der Waals surface area contributed by atoms with Gasteiger partial charge in [-0.1, -0.05) is 48.5 Å². The first-order chi connectivity index (χ1) is 15.5. The molecule has 3 aromatic rings. The second kappa shape index (κ2) is 9.57. The minimum absolute atomic E-state index is 0.0573. The Hall–Kier alpha value is -3.78. The minimum atomic E-state index is -0.858. The van der Waals surface area contributed by atoms with Crippen LogP contribution in [0.4, 0.5) is 11.4 Å². The zero-order valence-electron chi connectivity index (χ0n) is 17.5. The molecule has 32 heavy (non-hydrogen) atoms. The number of likely N-dealkylation sites (tertiary alicyclic amines) is 1. The SMILES string of the molecule is O=C(NC[C@H](c1cccc2ccccc12)N1CCCC1)C(=O)Nc1cccc([N+](=O)[O-])c1. The van der Waals surface area contributed by atoms with Crippen LogP contribution in [-0.2, 0) is 9.59 Å². The Morgan fingerprint density at radius 3 is 2.47 bits per heavy atom. The van der Waals surface area contributed by atoms with Gasteiger partial charge in [0, 0.05) is 24.4 Å². The number of amides is 2. The molecule has 0 unspecified atom stereocenters. The number of nitro groups is 1. The predicted molar refractivity (Wildman–Crippen MR) is 122 cm³/mol. The number of fused-ring (bicyclic) bond motifs is 1. The van der Waals surface area contributed by atoms with E-state index in [1.54, 1.807) is 0 Å². The number of nitrogens with one attached hydrogen (secondary N) is 2. The van der Waals surface area contributed by atoms with E-state index < -0.39 is 16.7 Å². The highest BCUT2D eigenvalue weighted by molar-refractivity contribution is 6.39. The van der Waals surface area contributed by atoms with Crippen LogP contribution in [0.2, 0.25) is 0 Å². The zero-order chi connectivity index (χ0) is 22.5. The molecule has 8 nitrogen and oxygen atoms in total. The highest BCUT2D eigenvalue weighted by Gasteiger charge is 2.26. The summed E-state index contributed by atoms with van der Waals surface area (Å²) in [6.45, 7) is 2.16. The van der Waals surface area contributed by atoms with Gasteiger partial charge in [0.15, 0.2) is 0 Å². The highest BCUT2D eigenvalue weighted by Crippen LogP contribution is 2.30. The summed E-state index contributed by atoms with van der Waals surface area (Å²) < 4.78 is 0. The third-order valence-electron chi connectivity index (χ3n) is 5.74. The van der Waals surface area contributed by atoms with Crippen LogP contribution in [0.25, 0.3) is 10.8 Å². The molecule has 1 heterocycles. The van der Waals surface area contributed by atoms with Gasteiger partial charge in [0.2, 0.25) is 0 Å². The quantitative estimate of drug-likeness (QED) is 0.352. The predicted octanol–water partition coefficient (Wildman–Crippen LogP) is 3.64. The van der Waals surface area contributed by atoms with Crippen LogP contribution in [0.1, 0.15) is 24.4 Å². The summed E-state index contributed by atoms with van der Waals surface area (Å²) in [7, 11) is 0. The number of anilines is 1. The van der Waals surface area contributed by atoms with Gasteiger partial charge in [-0.05, 0) is 48.3 Å². The summed E-state index contributed by atoms with van der Waals surface area (Å²) in [6.07, 6.45) is 2.20. The summed E-state index contributed by atoms with van der Waals surface area (Å²) in [5.41, 5.74) is 1.15. The Morgan fingerprint density at radius 1 is 0.969 bits per heavy atom. The van der Waals surface area contributed by atoms with Crippen molar-refractivity contribution in [3.8, 4) is 0 Å². The molecule has 8 heteroatoms. The molecule has 0 spiro atoms. The molecule has 2 N–H and O–H groups in total. The number of hydrogen-bond donors (Lipinski definition) is 2. The van der Waals surface area contributed by atoms with Crippen molar-refractivity contribution in [2.24, 2.45) is 0 Å². The number of nitrogens with zero attached hydrogens (tertiary/aromatic N) is 2. The second-order valence-electron chi connectivity index (χ2n) is 7.80. The van der Waals surface area contributed by atoms with E-state index in [9.17, 15) is 19.7 Å². The van der Waals surface area contributed by atoms with Gasteiger partial charge in [-0.3, -0.25) is 24.6 Å². The van der Waals surface area contributed by atoms with E-state index in [4.69, 9.17) is 0 Å². The van der Waals surface area contributed by atoms with E-state index in [2.05, 4.69) is 39.8 Å². The summed E-state index contributed by atoms with van der Waals surface area (Å²) in [6, 6.07) is 19.7. The lowest BCUT2D eigenvalue weighted by Crippen LogP contribution is -2.41. The molecule has 0 bridgehead atoms. The van der Waals surface area contributed by atoms with E-state index in [-0.39, 0.29) is 24.0 Å². The van der Waals surface area contributed by atoms with Crippen molar-refractivity contribution in [2.45, 2.75) is 18.9 Å². The summed E-state index contributed by atoms with van der Waals surface area (Å²) in [4.78, 5) is 37.6. The Morgan fingerprint density at radius 2 is 1.69 bits per heavy atom. The van der Waals surface area contributed by atoms with E-state index in [1.165, 1.54) is 24.3 Å². The molecular weight excluding hydrogens is 408 g/mol. The van der Waals surface area contributed by atoms with Crippen LogP contribution in [0.5, 0.6) is 0 Å². The normalized spacial score (nSPS) is 14.8. The van der Waals surface area contributed by atoms with Crippen molar-refractivity contribution in [3.05, 3.63) is 82.4 Å². The zero-order valence-corrected chi connectivity index (χ0v) is 17.5. The van der Waals surface area contributed by atoms with Gasteiger partial charge in [-0.25, -0.2) is 0 Å². The van der Waals surface area contributed by atoms with Gasteiger partial charge in [0.05, 0.1) is 11.0 Å². The lowest BCUT2D eigenvalue weighted by molar-refractivity contribution is -0.384. The van der Waals surface area contributed by atoms with Crippen molar-refractivity contribution < 1.29 is 14.5 Å². The Kier molecular flexibility index (Phi) is 6.42. The fourth-order valence-electron chi connectivity index (χ4n) is 4.18. The first-order valence-corrected chi connectivity index (χ1v) is 10.6. The number of rotatable bonds is 6. The van der Waals surface area contributed by atoms with Gasteiger partial charge in [0.25, 0.3) is 5.69 Å². The van der Waals surface area contributed by atoms with Crippen molar-refractivity contribution in [2.75, 3.05) is 25.0 Å². The average Bonchev–Trinajstić information content (AvgIpc) is 3.34. The van der Waals surface area contributed by atoms with Crippen LogP contribution in [0, 0.1) is 10.1 Å². The molecule has 4 rings (SSSR count). The molecule has 0 aliphatic carbocycles. The van der Waals surface area contributed by atoms with Crippen LogP contribution >= 0.6 is 0 Å². The van der Waals surface area contributed by atoms with Gasteiger partial charge in [-0.2, -0.15) is 0 Å². The molecule has 1 saturated heterocycles. The fraction of sp³-hybridized carbons (Fsp3) is 0.250. The maximum atomic E-state index is 12.5. The minimum Gasteiger partial charge on any atom is -0.346 e. The third-order valence-corrected chi connectivity index (χ3v) is 5.74. The first-order valence-electron chi connectivity index (χ1n) is 10.6. The first kappa shape index (κ1) is 21.5. The lowest BCUT2D eigenvalue weighted by Gasteiger charge is -2.29. The number of nitro benzene ring substituents is 1. The molecule has 3 aromatic carbocycles. The Labute approximate surface area is 185 Å². The van der Waals surface area contributed by atoms with E-state index in [1.807, 2.05) is 18.2 Å². The fourth-order valence-corrected chi connectivity index (χ4v) is 4.18. The Bertz CT molecular complexity index is 1150. The molecule has 0 saturated carbocycles. The molecule has 1 aliphatic rings. The standard InChI is InChI=1S/C24H24N4O4/c29-23(24(30)26-18-9-6-10-19(15-18)28(31)32)25-16-22(27-13-3-4-14-27)21-12-5-8-17-7-1-2-11-20(17)21/h1-2,5-12,15,22H,3-4,13-14,16H2,(H,25,29)(H,26,30)/t22-/m1/s1. The highest BCUT2D eigenvalue weighted by atomic mass is 16.6. The van der Waals surface area contributed by atoms with E-state index in [0.29, 0.717) is 0 Å². The van der Waals surface area contributed by atoms with E-state index >= 15 is 0 Å². The van der Waals surface area contributed by atoms with Gasteiger partial charge in [-0.15, -0.1) is 0 Å². The molecule has 1 atom stereocenters. The maximum absolute atomic E-state index is 12.5. The van der Waals surface area contributed by atoms with Crippen LogP contribution in [-0.4, -0.2) is 41.3 Å². The summed E-state index contributed by atoms with van der Waals surface area (Å²) in [5, 5.41) is 18.4. The van der Waals surface area contributed by atoms with Crippen molar-refractivity contribution >= 4 is 34.0 Å². The van der Waals surface area contributed by atoms with E-state index in [0.717, 1.165) is 42.3 Å². The largest absolute Gasteiger partial charge is 0.346 e. The number of carbonyl (C=O) groups is 2. The second-order valence-corrected chi connectivity index (χ2v) is 7.80. The van der Waals surface area contributed by atoms with Gasteiger partial charge >= 0.3 is 11.8 Å². The molecule has 0 radical (unpaired) electrons. The van der Waals surface area contributed by atoms with Crippen LogP contribution in [0.15, 0.2) is 66.7 Å². The van der Waals surface area contributed by atoms with Gasteiger partial charge in [0.1, 0.15) is 0 Å². The van der Waals surface area contributed by atoms with Crippen LogP contribution < -0.4 is 10.6 Å². The summed E-state index contributed by atoms with van der Waals surface area (Å²) in [5.74, 6) is -1.63. The monoisotopic (exact) mass is 432 g/mol. The molecule has 2 amide bonds. The number of benzene rings is 3. The average molecular weight is 432 g/mol. The topological polar surface area (TPSA) is 105 Å². The van der Waals surface area contributed by atoms with Crippen molar-refractivity contribution in [3.63, 3.8) is 0 Å².